The minimum Gasteiger partial charge on any atom is -0.456 e. The number of amides is 3. The smallest absolute Gasteiger partial charge is 0.329 e. The second-order valence-corrected chi connectivity index (χ2v) is 26.5. The number of rotatable bonds is 15. The summed E-state index contributed by atoms with van der Waals surface area (Å²) >= 11 is 7.49. The molecule has 4 aliphatic heterocycles. The SMILES string of the molecule is CO[C@@H]1C[C@H](/C=C(\C)[C@H]2OC(=O)[C@@H]3CCCCN3C(=O)C(=O)[C@]3(O)O[C@H]([C@@H](C=O)C[C@@H](C=O)C/C(C)=C/[C@@H](CCCC(=O)N4CCN(c5cc(Nc6ncc(C(=O)Nc7c(C)cccc7Cl)s6)nc(C)n5)CC4)C(=O)C[C@H](O)[C@H]2C)[C@@H](C=O)C[C@H]3C)CC[C@H]1O. The maximum Gasteiger partial charge on any atom is 0.329 e. The number of thiazole rings is 1. The number of anilines is 4. The van der Waals surface area contributed by atoms with Crippen LogP contribution < -0.4 is 15.5 Å². The number of aliphatic hydroxyl groups excluding tert-OH is 2. The lowest BCUT2D eigenvalue weighted by molar-refractivity contribution is -0.278. The Labute approximate surface area is 533 Å². The van der Waals surface area contributed by atoms with Crippen LogP contribution in [-0.2, 0) is 52.6 Å². The first kappa shape index (κ1) is 69.2. The van der Waals surface area contributed by atoms with Crippen LogP contribution in [0.5, 0.6) is 0 Å². The number of piperidine rings is 1. The number of aryl methyl sites for hydroxylation is 2. The number of piperazine rings is 1. The Kier molecular flexibility index (Phi) is 23.9. The summed E-state index contributed by atoms with van der Waals surface area (Å²) in [6.07, 6.45) is 3.93. The molecule has 5 aliphatic rings. The lowest BCUT2D eigenvalue weighted by atomic mass is 9.75. The average Bonchev–Trinajstić information content (AvgIpc) is 1.13. The highest BCUT2D eigenvalue weighted by molar-refractivity contribution is 7.17. The van der Waals surface area contributed by atoms with Crippen LogP contribution in [0.2, 0.25) is 5.02 Å². The van der Waals surface area contributed by atoms with Gasteiger partial charge in [0.05, 0.1) is 41.3 Å². The molecule has 6 heterocycles. The molecule has 90 heavy (non-hydrogen) atoms. The molecule has 3 amide bonds. The van der Waals surface area contributed by atoms with Gasteiger partial charge in [-0.2, -0.15) is 0 Å². The second-order valence-electron chi connectivity index (χ2n) is 25.0. The summed E-state index contributed by atoms with van der Waals surface area (Å²) in [5.74, 6) is -11.8. The molecule has 1 saturated carbocycles. The lowest BCUT2D eigenvalue weighted by Crippen LogP contribution is -2.63. The number of aromatic nitrogens is 3. The maximum absolute atomic E-state index is 14.8. The molecule has 4 fully saturated rings. The van der Waals surface area contributed by atoms with Crippen molar-refractivity contribution in [1.29, 1.82) is 0 Å². The Balaban J connectivity index is 0.993. The van der Waals surface area contributed by atoms with Crippen molar-refractivity contribution in [1.82, 2.24) is 24.8 Å². The second kappa shape index (κ2) is 31.1. The third-order valence-corrected chi connectivity index (χ3v) is 19.7. The molecule has 23 nitrogen and oxygen atoms in total. The predicted molar refractivity (Wildman–Crippen MR) is 335 cm³/mol. The third kappa shape index (κ3) is 16.7. The number of Topliss-reactive ketones (excluding diaryl/α,β-unsaturated/α-hetero) is 2. The molecular weight excluding hydrogens is 1200 g/mol. The van der Waals surface area contributed by atoms with E-state index < -0.39 is 102 Å². The monoisotopic (exact) mass is 1280 g/mol. The zero-order valence-corrected chi connectivity index (χ0v) is 53.8. The van der Waals surface area contributed by atoms with E-state index in [2.05, 4.69) is 25.6 Å². The molecule has 3 saturated heterocycles. The van der Waals surface area contributed by atoms with Gasteiger partial charge in [0.15, 0.2) is 5.13 Å². The van der Waals surface area contributed by atoms with Crippen LogP contribution >= 0.6 is 22.9 Å². The minimum absolute atomic E-state index is 0.0375. The quantitative estimate of drug-likeness (QED) is 0.0448. The number of methoxy groups -OCH3 is 1. The van der Waals surface area contributed by atoms with E-state index in [0.29, 0.717) is 126 Å². The number of ketones is 2. The number of cyclic esters (lactones) is 1. The fraction of sp³-hybridized carbons (Fsp3) is 0.600. The molecule has 25 heteroatoms. The first-order valence-corrected chi connectivity index (χ1v) is 32.4. The number of nitrogens with one attached hydrogen (secondary N) is 2. The molecule has 488 valence electrons. The number of esters is 1. The topological polar surface area (TPSA) is 314 Å². The van der Waals surface area contributed by atoms with Crippen molar-refractivity contribution in [2.24, 2.45) is 41.4 Å². The summed E-state index contributed by atoms with van der Waals surface area (Å²) in [5.41, 5.74) is 2.45. The molecule has 3 aromatic rings. The first-order valence-electron chi connectivity index (χ1n) is 31.2. The number of hydrogen-bond donors (Lipinski definition) is 5. The van der Waals surface area contributed by atoms with Crippen LogP contribution in [0.4, 0.5) is 22.5 Å². The van der Waals surface area contributed by atoms with Gasteiger partial charge in [-0.15, -0.1) is 0 Å². The lowest BCUT2D eigenvalue weighted by Gasteiger charge is -2.45. The highest BCUT2D eigenvalue weighted by Crippen LogP contribution is 2.42. The summed E-state index contributed by atoms with van der Waals surface area (Å²) < 4.78 is 18.0. The van der Waals surface area contributed by atoms with Crippen molar-refractivity contribution in [2.45, 2.75) is 167 Å². The van der Waals surface area contributed by atoms with Gasteiger partial charge in [0.25, 0.3) is 17.6 Å². The van der Waals surface area contributed by atoms with Gasteiger partial charge in [0.1, 0.15) is 59.1 Å². The molecule has 0 spiro atoms. The number of carbonyl (C=O) groups excluding carboxylic acids is 9. The number of nitrogens with zero attached hydrogens (tertiary/aromatic N) is 6. The van der Waals surface area contributed by atoms with Crippen molar-refractivity contribution in [2.75, 3.05) is 55.4 Å². The fourth-order valence-corrected chi connectivity index (χ4v) is 14.3. The number of aldehydes is 3. The molecule has 14 atom stereocenters. The van der Waals surface area contributed by atoms with Crippen LogP contribution in [0.15, 0.2) is 53.8 Å². The summed E-state index contributed by atoms with van der Waals surface area (Å²) in [4.78, 5) is 143. The predicted octanol–water partition coefficient (Wildman–Crippen LogP) is 6.87. The van der Waals surface area contributed by atoms with Gasteiger partial charge < -0.3 is 69.2 Å². The average molecular weight is 1290 g/mol. The summed E-state index contributed by atoms with van der Waals surface area (Å²) in [6, 6.07) is 5.81. The van der Waals surface area contributed by atoms with E-state index in [1.54, 1.807) is 56.9 Å². The minimum atomic E-state index is -2.82. The Morgan fingerprint density at radius 2 is 1.63 bits per heavy atom. The molecule has 2 aromatic heterocycles. The number of fused-ring (bicyclic) bond motifs is 3. The molecule has 0 radical (unpaired) electrons. The number of halogens is 1. The molecule has 0 unspecified atom stereocenters. The van der Waals surface area contributed by atoms with Crippen molar-refractivity contribution < 1.29 is 72.7 Å². The van der Waals surface area contributed by atoms with Gasteiger partial charge in [0.2, 0.25) is 11.7 Å². The van der Waals surface area contributed by atoms with Gasteiger partial charge in [-0.25, -0.2) is 19.7 Å². The number of ether oxygens (including phenoxy) is 3. The van der Waals surface area contributed by atoms with Crippen molar-refractivity contribution in [3.05, 3.63) is 75.0 Å². The Hall–Kier alpha value is -6.67. The van der Waals surface area contributed by atoms with E-state index in [1.807, 2.05) is 24.0 Å². The van der Waals surface area contributed by atoms with Gasteiger partial charge in [0, 0.05) is 94.2 Å². The maximum atomic E-state index is 14.8. The standard InChI is InChI=1S/C65H85ClN8O15S/c1-36-24-43(33-75)28-46(35-77)59-45(34-76)27-39(4)65(86,89-59)60(82)62(84)74-19-9-8-15-48(74)63(85)88-58(38(3)26-42-17-18-49(78)52(29-42)87-7)40(5)50(79)30-51(80)44(25-36)13-11-16-56(81)73-22-20-72(21-23-73)55-31-54(68-41(6)69-55)70-64-67-32-53(90-64)61(83)71-57-37(2)12-10-14-47(57)66/h10,12,14,25-26,31-35,39-40,42-46,48-50,52,58-59,78-79,86H,8-9,11,13,15-24,27-30H2,1-7H3,(H,71,83)(H,67,68,69,70)/b36-25+,38-26+/t39-,40-,42+,43+,44-,45-,46-,48+,49-,50+,52-,58-,59+,65-/m1/s1. The molecular formula is C65H85ClN8O15S. The van der Waals surface area contributed by atoms with Crippen LogP contribution in [0.1, 0.15) is 132 Å². The number of benzene rings is 1. The summed E-state index contributed by atoms with van der Waals surface area (Å²) in [5, 5.41) is 41.8. The molecule has 8 rings (SSSR count). The van der Waals surface area contributed by atoms with E-state index in [-0.39, 0.29) is 75.0 Å². The third-order valence-electron chi connectivity index (χ3n) is 18.5. The highest BCUT2D eigenvalue weighted by Gasteiger charge is 2.56. The Morgan fingerprint density at radius 1 is 0.900 bits per heavy atom. The molecule has 1 aliphatic carbocycles. The number of carbonyl (C=O) groups is 9. The van der Waals surface area contributed by atoms with Crippen LogP contribution in [0.3, 0.4) is 0 Å². The van der Waals surface area contributed by atoms with Crippen LogP contribution in [-0.4, -0.2) is 176 Å². The number of aliphatic hydroxyl groups is 3. The Morgan fingerprint density at radius 3 is 2.33 bits per heavy atom. The van der Waals surface area contributed by atoms with Crippen molar-refractivity contribution in [3.8, 4) is 0 Å². The highest BCUT2D eigenvalue weighted by atomic mass is 35.5. The van der Waals surface area contributed by atoms with Gasteiger partial charge in [-0.3, -0.25) is 24.0 Å². The number of hydrogen-bond acceptors (Lipinski definition) is 21. The zero-order chi connectivity index (χ0) is 65.1. The Bertz CT molecular complexity index is 3170. The number of para-hydroxylation sites is 1. The number of allylic oxidation sites excluding steroid dienone is 3. The van der Waals surface area contributed by atoms with Gasteiger partial charge >= 0.3 is 5.97 Å². The van der Waals surface area contributed by atoms with E-state index >= 15 is 0 Å². The zero-order valence-electron chi connectivity index (χ0n) is 52.2. The van der Waals surface area contributed by atoms with Gasteiger partial charge in [-0.05, 0) is 121 Å². The van der Waals surface area contributed by atoms with E-state index in [0.717, 1.165) is 21.8 Å². The van der Waals surface area contributed by atoms with Gasteiger partial charge in [-0.1, -0.05) is 66.6 Å². The molecule has 2 bridgehead atoms. The van der Waals surface area contributed by atoms with E-state index in [1.165, 1.54) is 20.2 Å². The van der Waals surface area contributed by atoms with Crippen LogP contribution in [0.25, 0.3) is 0 Å². The summed E-state index contributed by atoms with van der Waals surface area (Å²) in [7, 11) is 1.52. The van der Waals surface area contributed by atoms with E-state index in [4.69, 9.17) is 25.8 Å². The largest absolute Gasteiger partial charge is 0.456 e. The van der Waals surface area contributed by atoms with Crippen molar-refractivity contribution in [3.63, 3.8) is 0 Å². The molecule has 1 aromatic carbocycles. The van der Waals surface area contributed by atoms with E-state index in [9.17, 15) is 58.5 Å². The van der Waals surface area contributed by atoms with Crippen molar-refractivity contribution >= 4 is 99.5 Å². The normalized spacial score (nSPS) is 31.1. The first-order chi connectivity index (χ1) is 42.9. The fourth-order valence-electron chi connectivity index (χ4n) is 13.3. The molecule has 5 N–H and O–H groups in total. The summed E-state index contributed by atoms with van der Waals surface area (Å²) in [6.45, 7) is 11.8. The van der Waals surface area contributed by atoms with Crippen LogP contribution in [0, 0.1) is 55.3 Å².